The van der Waals surface area contributed by atoms with Crippen molar-refractivity contribution in [1.82, 2.24) is 16.0 Å². The second kappa shape index (κ2) is 14.1. The van der Waals surface area contributed by atoms with E-state index in [0.29, 0.717) is 12.8 Å². The number of nitrogens with two attached hydrogens (primary N) is 3. The van der Waals surface area contributed by atoms with Crippen LogP contribution in [-0.4, -0.2) is 77.2 Å². The number of carboxylic acid groups (broad SMARTS) is 1. The smallest absolute Gasteiger partial charge is 0.328 e. The van der Waals surface area contributed by atoms with Crippen molar-refractivity contribution >= 4 is 29.7 Å². The van der Waals surface area contributed by atoms with Crippen LogP contribution in [0.5, 0.6) is 0 Å². The molecular weight excluding hydrogens is 410 g/mol. The molecule has 0 fully saturated rings. The molecule has 0 saturated heterocycles. The van der Waals surface area contributed by atoms with E-state index in [1.165, 1.54) is 6.92 Å². The van der Waals surface area contributed by atoms with Crippen LogP contribution in [0.15, 0.2) is 4.99 Å². The number of nitrogens with one attached hydrogen (secondary N) is 3. The van der Waals surface area contributed by atoms with Gasteiger partial charge in [-0.2, -0.15) is 0 Å². The standard InChI is InChI=1S/C18H35N7O6/c1-4-9(2)13(19)16(29)23-10(3)14(27)24-11(6-5-7-22-18(20)21)15(28)25-12(8-26)17(30)31/h9-13,26H,4-8,19H2,1-3H3,(H,23,29)(H,24,27)(H,25,28)(H,30,31)(H4,20,21,22). The van der Waals surface area contributed by atoms with Crippen molar-refractivity contribution in [2.75, 3.05) is 13.2 Å². The molecule has 3 amide bonds. The Hall–Kier alpha value is -2.93. The maximum Gasteiger partial charge on any atom is 0.328 e. The van der Waals surface area contributed by atoms with E-state index in [0.717, 1.165) is 0 Å². The zero-order valence-electron chi connectivity index (χ0n) is 18.1. The summed E-state index contributed by atoms with van der Waals surface area (Å²) in [4.78, 5) is 52.0. The van der Waals surface area contributed by atoms with Gasteiger partial charge < -0.3 is 43.4 Å². The summed E-state index contributed by atoms with van der Waals surface area (Å²) in [5.74, 6) is -3.63. The number of aliphatic hydroxyl groups is 1. The molecular formula is C18H35N7O6. The van der Waals surface area contributed by atoms with Crippen LogP contribution in [0.3, 0.4) is 0 Å². The molecule has 0 spiro atoms. The Labute approximate surface area is 181 Å². The largest absolute Gasteiger partial charge is 0.480 e. The Kier molecular flexibility index (Phi) is 12.8. The van der Waals surface area contributed by atoms with Crippen molar-refractivity contribution in [3.63, 3.8) is 0 Å². The third-order valence-corrected chi connectivity index (χ3v) is 4.69. The summed E-state index contributed by atoms with van der Waals surface area (Å²) >= 11 is 0. The minimum atomic E-state index is -1.53. The lowest BCUT2D eigenvalue weighted by Gasteiger charge is -2.24. The predicted octanol–water partition coefficient (Wildman–Crippen LogP) is -3.04. The van der Waals surface area contributed by atoms with E-state index < -0.39 is 54.5 Å². The molecule has 0 aromatic rings. The highest BCUT2D eigenvalue weighted by Gasteiger charge is 2.29. The van der Waals surface area contributed by atoms with Gasteiger partial charge in [-0.1, -0.05) is 20.3 Å². The van der Waals surface area contributed by atoms with Gasteiger partial charge >= 0.3 is 5.97 Å². The molecule has 0 bridgehead atoms. The normalized spacial score (nSPS) is 15.5. The van der Waals surface area contributed by atoms with Gasteiger partial charge in [0.15, 0.2) is 5.96 Å². The molecule has 0 saturated carbocycles. The maximum absolute atomic E-state index is 12.5. The van der Waals surface area contributed by atoms with Crippen LogP contribution < -0.4 is 33.2 Å². The van der Waals surface area contributed by atoms with Crippen LogP contribution in [0.25, 0.3) is 0 Å². The lowest BCUT2D eigenvalue weighted by molar-refractivity contribution is -0.143. The average molecular weight is 446 g/mol. The van der Waals surface area contributed by atoms with Gasteiger partial charge in [0, 0.05) is 6.54 Å². The fraction of sp³-hybridized carbons (Fsp3) is 0.722. The van der Waals surface area contributed by atoms with Crippen LogP contribution in [0.4, 0.5) is 0 Å². The lowest BCUT2D eigenvalue weighted by Crippen LogP contribution is -2.57. The molecule has 0 radical (unpaired) electrons. The van der Waals surface area contributed by atoms with Gasteiger partial charge in [-0.15, -0.1) is 0 Å². The summed E-state index contributed by atoms with van der Waals surface area (Å²) in [5, 5.41) is 25.2. The van der Waals surface area contributed by atoms with Crippen LogP contribution in [-0.2, 0) is 19.2 Å². The number of aliphatic carboxylic acids is 1. The number of aliphatic imine (C=N–C) groups is 1. The molecule has 11 N–H and O–H groups in total. The van der Waals surface area contributed by atoms with Gasteiger partial charge in [0.2, 0.25) is 17.7 Å². The van der Waals surface area contributed by atoms with Crippen LogP contribution in [0, 0.1) is 5.92 Å². The maximum atomic E-state index is 12.5. The molecule has 31 heavy (non-hydrogen) atoms. The summed E-state index contributed by atoms with van der Waals surface area (Å²) < 4.78 is 0. The third-order valence-electron chi connectivity index (χ3n) is 4.69. The van der Waals surface area contributed by atoms with Gasteiger partial charge in [0.25, 0.3) is 0 Å². The lowest BCUT2D eigenvalue weighted by atomic mass is 9.99. The third kappa shape index (κ3) is 10.6. The molecule has 178 valence electrons. The van der Waals surface area contributed by atoms with Gasteiger partial charge in [-0.05, 0) is 25.7 Å². The molecule has 5 atom stereocenters. The Bertz CT molecular complexity index is 653. The number of amides is 3. The minimum Gasteiger partial charge on any atom is -0.480 e. The van der Waals surface area contributed by atoms with Crippen LogP contribution >= 0.6 is 0 Å². The molecule has 13 heteroatoms. The van der Waals surface area contributed by atoms with E-state index in [1.54, 1.807) is 0 Å². The number of rotatable bonds is 14. The minimum absolute atomic E-state index is 0.0825. The fourth-order valence-corrected chi connectivity index (χ4v) is 2.41. The van der Waals surface area contributed by atoms with E-state index in [-0.39, 0.29) is 24.8 Å². The summed E-state index contributed by atoms with van der Waals surface area (Å²) in [7, 11) is 0. The van der Waals surface area contributed by atoms with Gasteiger partial charge in [-0.3, -0.25) is 19.4 Å². The number of nitrogens with zero attached hydrogens (tertiary/aromatic N) is 1. The number of aliphatic hydroxyl groups excluding tert-OH is 1. The van der Waals surface area contributed by atoms with Crippen LogP contribution in [0.1, 0.15) is 40.0 Å². The highest BCUT2D eigenvalue weighted by molar-refractivity contribution is 5.93. The van der Waals surface area contributed by atoms with Crippen molar-refractivity contribution in [3.05, 3.63) is 0 Å². The van der Waals surface area contributed by atoms with E-state index in [9.17, 15) is 19.2 Å². The topological polar surface area (TPSA) is 235 Å². The molecule has 0 rings (SSSR count). The highest BCUT2D eigenvalue weighted by Crippen LogP contribution is 2.06. The molecule has 0 heterocycles. The number of carbonyl (C=O) groups is 4. The summed E-state index contributed by atoms with van der Waals surface area (Å²) in [6.45, 7) is 4.48. The van der Waals surface area contributed by atoms with Gasteiger partial charge in [0.1, 0.15) is 18.1 Å². The zero-order valence-corrected chi connectivity index (χ0v) is 18.1. The molecule has 0 aromatic heterocycles. The Morgan fingerprint density at radius 2 is 1.55 bits per heavy atom. The number of hydrogen-bond acceptors (Lipinski definition) is 7. The average Bonchev–Trinajstić information content (AvgIpc) is 2.71. The molecule has 5 unspecified atom stereocenters. The molecule has 0 aliphatic heterocycles. The van der Waals surface area contributed by atoms with Crippen LogP contribution in [0.2, 0.25) is 0 Å². The Balaban J connectivity index is 5.15. The fourth-order valence-electron chi connectivity index (χ4n) is 2.41. The van der Waals surface area contributed by atoms with Crippen molar-refractivity contribution in [1.29, 1.82) is 0 Å². The van der Waals surface area contributed by atoms with Crippen molar-refractivity contribution in [2.24, 2.45) is 28.1 Å². The molecule has 13 nitrogen and oxygen atoms in total. The first-order valence-electron chi connectivity index (χ1n) is 10.00. The Morgan fingerprint density at radius 1 is 0.968 bits per heavy atom. The second-order valence-electron chi connectivity index (χ2n) is 7.23. The van der Waals surface area contributed by atoms with E-state index in [4.69, 9.17) is 27.4 Å². The predicted molar refractivity (Wildman–Crippen MR) is 114 cm³/mol. The first-order chi connectivity index (χ1) is 14.4. The number of carboxylic acids is 1. The van der Waals surface area contributed by atoms with Gasteiger partial charge in [0.05, 0.1) is 12.6 Å². The van der Waals surface area contributed by atoms with Gasteiger partial charge in [-0.25, -0.2) is 4.79 Å². The summed E-state index contributed by atoms with van der Waals surface area (Å²) in [5.41, 5.74) is 16.3. The number of carbonyl (C=O) groups excluding carboxylic acids is 3. The SMILES string of the molecule is CCC(C)C(N)C(=O)NC(C)C(=O)NC(CCCN=C(N)N)C(=O)NC(CO)C(=O)O. The summed E-state index contributed by atoms with van der Waals surface area (Å²) in [6.07, 6.45) is 1.06. The number of guanidine groups is 1. The van der Waals surface area contributed by atoms with Crippen molar-refractivity contribution in [2.45, 2.75) is 64.2 Å². The van der Waals surface area contributed by atoms with Crippen molar-refractivity contribution in [3.8, 4) is 0 Å². The quantitative estimate of drug-likeness (QED) is 0.0769. The van der Waals surface area contributed by atoms with Crippen molar-refractivity contribution < 1.29 is 29.4 Å². The van der Waals surface area contributed by atoms with E-state index in [1.807, 2.05) is 13.8 Å². The van der Waals surface area contributed by atoms with E-state index >= 15 is 0 Å². The number of hydrogen-bond donors (Lipinski definition) is 8. The second-order valence-corrected chi connectivity index (χ2v) is 7.23. The molecule has 0 aliphatic carbocycles. The zero-order chi connectivity index (χ0) is 24.1. The first kappa shape index (κ1) is 28.1. The first-order valence-corrected chi connectivity index (χ1v) is 10.00. The molecule has 0 aromatic carbocycles. The summed E-state index contributed by atoms with van der Waals surface area (Å²) in [6, 6.07) is -4.46. The van der Waals surface area contributed by atoms with E-state index in [2.05, 4.69) is 20.9 Å². The Morgan fingerprint density at radius 3 is 2.03 bits per heavy atom. The highest BCUT2D eigenvalue weighted by atomic mass is 16.4. The monoisotopic (exact) mass is 445 g/mol. The molecule has 0 aliphatic rings.